The lowest BCUT2D eigenvalue weighted by molar-refractivity contribution is 0.174. The first-order chi connectivity index (χ1) is 10.2. The molecule has 0 radical (unpaired) electrons. The topological polar surface area (TPSA) is 23.5 Å². The van der Waals surface area contributed by atoms with Gasteiger partial charge in [0.15, 0.2) is 0 Å². The lowest BCUT2D eigenvalue weighted by Gasteiger charge is -2.38. The molecule has 0 saturated heterocycles. The molecule has 2 aromatic carbocycles. The Balaban J connectivity index is 2.12. The van der Waals surface area contributed by atoms with E-state index in [1.54, 1.807) is 0 Å². The van der Waals surface area contributed by atoms with Crippen molar-refractivity contribution in [2.75, 3.05) is 4.90 Å². The fourth-order valence-electron chi connectivity index (χ4n) is 3.26. The van der Waals surface area contributed by atoms with Gasteiger partial charge in [0, 0.05) is 23.0 Å². The third kappa shape index (κ3) is 2.56. The van der Waals surface area contributed by atoms with Crippen molar-refractivity contribution < 1.29 is 5.11 Å². The first-order valence-electron chi connectivity index (χ1n) is 7.86. The fraction of sp³-hybridized carbons (Fsp3) is 0.368. The van der Waals surface area contributed by atoms with Crippen molar-refractivity contribution >= 4 is 11.4 Å². The highest BCUT2D eigenvalue weighted by Crippen LogP contribution is 2.40. The zero-order valence-corrected chi connectivity index (χ0v) is 12.8. The molecule has 3 rings (SSSR count). The van der Waals surface area contributed by atoms with Crippen LogP contribution < -0.4 is 4.90 Å². The first-order valence-corrected chi connectivity index (χ1v) is 7.86. The molecule has 2 nitrogen and oxygen atoms in total. The van der Waals surface area contributed by atoms with E-state index >= 15 is 0 Å². The molecule has 0 saturated carbocycles. The molecule has 1 aliphatic rings. The summed E-state index contributed by atoms with van der Waals surface area (Å²) < 4.78 is 0. The van der Waals surface area contributed by atoms with Crippen LogP contribution in [0.2, 0.25) is 0 Å². The molecule has 1 unspecified atom stereocenters. The zero-order chi connectivity index (χ0) is 14.8. The van der Waals surface area contributed by atoms with Gasteiger partial charge in [-0.15, -0.1) is 0 Å². The Kier molecular flexibility index (Phi) is 3.98. The van der Waals surface area contributed by atoms with Crippen molar-refractivity contribution in [1.29, 1.82) is 0 Å². The second-order valence-corrected chi connectivity index (χ2v) is 5.87. The van der Waals surface area contributed by atoms with Crippen molar-refractivity contribution in [3.05, 3.63) is 59.7 Å². The summed E-state index contributed by atoms with van der Waals surface area (Å²) in [6, 6.07) is 17.3. The molecule has 0 fully saturated rings. The maximum Gasteiger partial charge on any atom is 0.0807 e. The second kappa shape index (κ2) is 5.90. The van der Waals surface area contributed by atoms with Gasteiger partial charge in [-0.2, -0.15) is 0 Å². The number of aliphatic hydroxyl groups is 1. The van der Waals surface area contributed by atoms with E-state index in [1.807, 2.05) is 19.1 Å². The van der Waals surface area contributed by atoms with Crippen molar-refractivity contribution in [3.8, 4) is 0 Å². The van der Waals surface area contributed by atoms with Gasteiger partial charge in [-0.1, -0.05) is 43.3 Å². The largest absolute Gasteiger partial charge is 0.388 e. The van der Waals surface area contributed by atoms with Gasteiger partial charge < -0.3 is 10.0 Å². The van der Waals surface area contributed by atoms with E-state index in [-0.39, 0.29) is 0 Å². The van der Waals surface area contributed by atoms with Crippen LogP contribution in [0.5, 0.6) is 0 Å². The molecule has 0 amide bonds. The molecule has 1 aliphatic heterocycles. The molecule has 21 heavy (non-hydrogen) atoms. The number of rotatable bonds is 3. The standard InChI is InChI=1S/C19H23NO/c1-3-19(21)16-9-5-7-11-18(16)20-14(2)12-13-15-8-4-6-10-17(15)20/h4-11,14,19,21H,3,12-13H2,1-2H3/t14?,19-/m0/s1. The van der Waals surface area contributed by atoms with Gasteiger partial charge in [0.2, 0.25) is 0 Å². The number of para-hydroxylation sites is 2. The van der Waals surface area contributed by atoms with E-state index in [9.17, 15) is 5.11 Å². The van der Waals surface area contributed by atoms with Gasteiger partial charge in [-0.05, 0) is 43.9 Å². The van der Waals surface area contributed by atoms with Crippen molar-refractivity contribution in [3.63, 3.8) is 0 Å². The van der Waals surface area contributed by atoms with E-state index in [0.717, 1.165) is 30.5 Å². The van der Waals surface area contributed by atoms with Crippen molar-refractivity contribution in [2.24, 2.45) is 0 Å². The van der Waals surface area contributed by atoms with E-state index in [2.05, 4.69) is 48.2 Å². The van der Waals surface area contributed by atoms with Crippen molar-refractivity contribution in [1.82, 2.24) is 0 Å². The predicted molar refractivity (Wildman–Crippen MR) is 88.1 cm³/mol. The van der Waals surface area contributed by atoms with Gasteiger partial charge in [0.05, 0.1) is 6.10 Å². The minimum atomic E-state index is -0.400. The molecule has 1 N–H and O–H groups in total. The van der Waals surface area contributed by atoms with E-state index in [4.69, 9.17) is 0 Å². The van der Waals surface area contributed by atoms with Crippen LogP contribution >= 0.6 is 0 Å². The Hall–Kier alpha value is -1.80. The van der Waals surface area contributed by atoms with E-state index < -0.39 is 6.10 Å². The number of nitrogens with zero attached hydrogens (tertiary/aromatic N) is 1. The minimum Gasteiger partial charge on any atom is -0.388 e. The predicted octanol–water partition coefficient (Wildman–Crippen LogP) is 4.60. The van der Waals surface area contributed by atoms with Gasteiger partial charge in [-0.25, -0.2) is 0 Å². The van der Waals surface area contributed by atoms with Crippen molar-refractivity contribution in [2.45, 2.75) is 45.3 Å². The monoisotopic (exact) mass is 281 g/mol. The highest BCUT2D eigenvalue weighted by atomic mass is 16.3. The van der Waals surface area contributed by atoms with Crippen LogP contribution in [-0.2, 0) is 6.42 Å². The number of benzene rings is 2. The van der Waals surface area contributed by atoms with E-state index in [0.29, 0.717) is 6.04 Å². The third-order valence-electron chi connectivity index (χ3n) is 4.47. The Morgan fingerprint density at radius 2 is 1.76 bits per heavy atom. The Bertz CT molecular complexity index is 622. The third-order valence-corrected chi connectivity index (χ3v) is 4.47. The van der Waals surface area contributed by atoms with Crippen LogP contribution in [0.3, 0.4) is 0 Å². The van der Waals surface area contributed by atoms with E-state index in [1.165, 1.54) is 11.3 Å². The maximum atomic E-state index is 10.3. The molecular weight excluding hydrogens is 258 g/mol. The number of anilines is 2. The Morgan fingerprint density at radius 3 is 2.52 bits per heavy atom. The van der Waals surface area contributed by atoms with Gasteiger partial charge in [-0.3, -0.25) is 0 Å². The molecule has 0 aliphatic carbocycles. The molecule has 0 spiro atoms. The summed E-state index contributed by atoms with van der Waals surface area (Å²) in [7, 11) is 0. The normalized spacial score (nSPS) is 19.2. The van der Waals surface area contributed by atoms with Crippen LogP contribution in [0.25, 0.3) is 0 Å². The quantitative estimate of drug-likeness (QED) is 0.888. The number of aliphatic hydroxyl groups excluding tert-OH is 1. The average molecular weight is 281 g/mol. The second-order valence-electron chi connectivity index (χ2n) is 5.87. The lowest BCUT2D eigenvalue weighted by atomic mass is 9.94. The SMILES string of the molecule is CC[C@H](O)c1ccccc1N1c2ccccc2CCC1C. The highest BCUT2D eigenvalue weighted by Gasteiger charge is 2.26. The van der Waals surface area contributed by atoms with Crippen LogP contribution in [0, 0.1) is 0 Å². The van der Waals surface area contributed by atoms with Crippen LogP contribution in [0.4, 0.5) is 11.4 Å². The summed E-state index contributed by atoms with van der Waals surface area (Å²) in [6.07, 6.45) is 2.61. The smallest absolute Gasteiger partial charge is 0.0807 e. The first kappa shape index (κ1) is 14.2. The average Bonchev–Trinajstić information content (AvgIpc) is 2.54. The summed E-state index contributed by atoms with van der Waals surface area (Å²) in [5, 5.41) is 10.3. The van der Waals surface area contributed by atoms with Gasteiger partial charge in [0.25, 0.3) is 0 Å². The summed E-state index contributed by atoms with van der Waals surface area (Å²) in [5.74, 6) is 0. The van der Waals surface area contributed by atoms with Gasteiger partial charge >= 0.3 is 0 Å². The molecule has 2 aromatic rings. The summed E-state index contributed by atoms with van der Waals surface area (Å²) in [6.45, 7) is 4.29. The summed E-state index contributed by atoms with van der Waals surface area (Å²) in [5.41, 5.74) is 4.86. The van der Waals surface area contributed by atoms with Crippen LogP contribution in [0.15, 0.2) is 48.5 Å². The number of hydrogen-bond donors (Lipinski definition) is 1. The fourth-order valence-corrected chi connectivity index (χ4v) is 3.26. The zero-order valence-electron chi connectivity index (χ0n) is 12.8. The number of fused-ring (bicyclic) bond motifs is 1. The molecule has 2 heteroatoms. The molecule has 0 bridgehead atoms. The minimum absolute atomic E-state index is 0.400. The summed E-state index contributed by atoms with van der Waals surface area (Å²) >= 11 is 0. The molecule has 110 valence electrons. The van der Waals surface area contributed by atoms with Gasteiger partial charge in [0.1, 0.15) is 0 Å². The molecular formula is C19H23NO. The maximum absolute atomic E-state index is 10.3. The Morgan fingerprint density at radius 1 is 1.10 bits per heavy atom. The Labute approximate surface area is 127 Å². The number of aryl methyl sites for hydroxylation is 1. The molecule has 1 heterocycles. The highest BCUT2D eigenvalue weighted by molar-refractivity contribution is 5.71. The number of hydrogen-bond acceptors (Lipinski definition) is 2. The summed E-state index contributed by atoms with van der Waals surface area (Å²) in [4.78, 5) is 2.40. The molecule has 2 atom stereocenters. The van der Waals surface area contributed by atoms with Crippen LogP contribution in [-0.4, -0.2) is 11.1 Å². The van der Waals surface area contributed by atoms with Crippen LogP contribution in [0.1, 0.15) is 43.9 Å². The molecule has 0 aromatic heterocycles. The lowest BCUT2D eigenvalue weighted by Crippen LogP contribution is -2.34.